The van der Waals surface area contributed by atoms with E-state index in [1.54, 1.807) is 48.5 Å². The molecular weight excluding hydrogens is 515 g/mol. The molecule has 0 spiro atoms. The van der Waals surface area contributed by atoms with Gasteiger partial charge in [-0.1, -0.05) is 18.2 Å². The fourth-order valence-electron chi connectivity index (χ4n) is 3.31. The SMILES string of the molecule is COc1cc(OC)cc(-c2nnc(S/C(=C\c3ccc(OCc4ccc(F)cc4)c(OC)c3)C(=O)O)o2)c1. The predicted molar refractivity (Wildman–Crippen MR) is 138 cm³/mol. The summed E-state index contributed by atoms with van der Waals surface area (Å²) in [5.41, 5.74) is 1.90. The molecule has 0 unspecified atom stereocenters. The van der Waals surface area contributed by atoms with Crippen LogP contribution < -0.4 is 18.9 Å². The number of carboxylic acids is 1. The third kappa shape index (κ3) is 6.62. The van der Waals surface area contributed by atoms with E-state index in [0.29, 0.717) is 34.1 Å². The molecule has 0 fully saturated rings. The minimum Gasteiger partial charge on any atom is -0.497 e. The molecule has 0 aliphatic heterocycles. The van der Waals surface area contributed by atoms with Crippen LogP contribution in [-0.4, -0.2) is 42.6 Å². The van der Waals surface area contributed by atoms with E-state index in [4.69, 9.17) is 23.4 Å². The molecule has 4 aromatic rings. The number of benzene rings is 3. The topological polar surface area (TPSA) is 113 Å². The molecule has 0 aliphatic carbocycles. The zero-order valence-electron chi connectivity index (χ0n) is 20.6. The van der Waals surface area contributed by atoms with Gasteiger partial charge in [0.15, 0.2) is 11.5 Å². The lowest BCUT2D eigenvalue weighted by Gasteiger charge is -2.11. The smallest absolute Gasteiger partial charge is 0.342 e. The van der Waals surface area contributed by atoms with E-state index in [2.05, 4.69) is 10.2 Å². The second kappa shape index (κ2) is 12.2. The van der Waals surface area contributed by atoms with Crippen LogP contribution >= 0.6 is 11.8 Å². The standard InChI is InChI=1S/C27H23FN2O7S/c1-33-20-12-18(13-21(14-20)34-2)25-29-30-27(37-25)38-24(26(31)32)11-17-6-9-22(23(10-17)35-3)36-15-16-4-7-19(28)8-5-16/h4-14H,15H2,1-3H3,(H,31,32)/b24-11-. The predicted octanol–water partition coefficient (Wildman–Crippen LogP) is 5.70. The number of hydrogen-bond acceptors (Lipinski definition) is 9. The molecule has 4 rings (SSSR count). The van der Waals surface area contributed by atoms with Crippen molar-refractivity contribution in [3.63, 3.8) is 0 Å². The monoisotopic (exact) mass is 538 g/mol. The van der Waals surface area contributed by atoms with Crippen LogP contribution in [0.5, 0.6) is 23.0 Å². The van der Waals surface area contributed by atoms with E-state index in [-0.39, 0.29) is 28.4 Å². The first-order valence-corrected chi connectivity index (χ1v) is 11.9. The number of rotatable bonds is 11. The van der Waals surface area contributed by atoms with Crippen LogP contribution in [0.25, 0.3) is 17.5 Å². The number of carbonyl (C=O) groups is 1. The zero-order valence-corrected chi connectivity index (χ0v) is 21.5. The highest BCUT2D eigenvalue weighted by Crippen LogP contribution is 2.34. The summed E-state index contributed by atoms with van der Waals surface area (Å²) in [5.74, 6) is 0.615. The molecule has 0 radical (unpaired) electrons. The maximum atomic E-state index is 13.1. The second-order valence-corrected chi connectivity index (χ2v) is 8.71. The van der Waals surface area contributed by atoms with Gasteiger partial charge in [0.05, 0.1) is 21.3 Å². The molecule has 0 saturated carbocycles. The highest BCUT2D eigenvalue weighted by molar-refractivity contribution is 8.03. The second-order valence-electron chi connectivity index (χ2n) is 7.72. The highest BCUT2D eigenvalue weighted by Gasteiger charge is 2.18. The molecular formula is C27H23FN2O7S. The number of ether oxygens (including phenoxy) is 4. The van der Waals surface area contributed by atoms with Gasteiger partial charge in [0.1, 0.15) is 28.8 Å². The molecule has 0 saturated heterocycles. The van der Waals surface area contributed by atoms with Gasteiger partial charge >= 0.3 is 5.97 Å². The fraction of sp³-hybridized carbons (Fsp3) is 0.148. The molecule has 11 heteroatoms. The van der Waals surface area contributed by atoms with Crippen molar-refractivity contribution >= 4 is 23.8 Å². The van der Waals surface area contributed by atoms with Gasteiger partial charge in [-0.25, -0.2) is 9.18 Å². The number of aliphatic carboxylic acids is 1. The van der Waals surface area contributed by atoms with Crippen LogP contribution in [-0.2, 0) is 11.4 Å². The summed E-state index contributed by atoms with van der Waals surface area (Å²) in [6.45, 7) is 0.209. The molecule has 38 heavy (non-hydrogen) atoms. The minimum absolute atomic E-state index is 0.0432. The molecule has 1 N–H and O–H groups in total. The van der Waals surface area contributed by atoms with Gasteiger partial charge in [0.25, 0.3) is 5.22 Å². The average molecular weight is 539 g/mol. The quantitative estimate of drug-likeness (QED) is 0.188. The number of hydrogen-bond donors (Lipinski definition) is 1. The van der Waals surface area contributed by atoms with E-state index < -0.39 is 5.97 Å². The molecule has 3 aromatic carbocycles. The Bertz CT molecular complexity index is 1430. The van der Waals surface area contributed by atoms with E-state index in [1.807, 2.05) is 0 Å². The number of carboxylic acid groups (broad SMARTS) is 1. The molecule has 196 valence electrons. The lowest BCUT2D eigenvalue weighted by Crippen LogP contribution is -1.99. The van der Waals surface area contributed by atoms with Crippen LogP contribution in [0.4, 0.5) is 4.39 Å². The van der Waals surface area contributed by atoms with Crippen LogP contribution in [0, 0.1) is 5.82 Å². The van der Waals surface area contributed by atoms with Crippen LogP contribution in [0.2, 0.25) is 0 Å². The van der Waals surface area contributed by atoms with E-state index >= 15 is 0 Å². The number of halogens is 1. The molecule has 0 bridgehead atoms. The lowest BCUT2D eigenvalue weighted by atomic mass is 10.2. The van der Waals surface area contributed by atoms with Crippen molar-refractivity contribution in [3.05, 3.63) is 82.5 Å². The van der Waals surface area contributed by atoms with Gasteiger partial charge in [0.2, 0.25) is 5.89 Å². The third-order valence-electron chi connectivity index (χ3n) is 5.21. The van der Waals surface area contributed by atoms with Crippen molar-refractivity contribution in [2.24, 2.45) is 0 Å². The summed E-state index contributed by atoms with van der Waals surface area (Å²) >= 11 is 0.809. The molecule has 1 heterocycles. The van der Waals surface area contributed by atoms with Gasteiger partial charge in [-0.05, 0) is 65.4 Å². The Morgan fingerprint density at radius 3 is 2.29 bits per heavy atom. The number of aromatic nitrogens is 2. The van der Waals surface area contributed by atoms with Crippen molar-refractivity contribution in [2.45, 2.75) is 11.8 Å². The number of nitrogens with zero attached hydrogens (tertiary/aromatic N) is 2. The summed E-state index contributed by atoms with van der Waals surface area (Å²) in [5, 5.41) is 17.8. The van der Waals surface area contributed by atoms with Crippen LogP contribution in [0.3, 0.4) is 0 Å². The fourth-order valence-corrected chi connectivity index (χ4v) is 3.99. The van der Waals surface area contributed by atoms with Gasteiger partial charge in [-0.3, -0.25) is 0 Å². The van der Waals surface area contributed by atoms with E-state index in [0.717, 1.165) is 17.3 Å². The Hall–Kier alpha value is -4.51. The minimum atomic E-state index is -1.17. The summed E-state index contributed by atoms with van der Waals surface area (Å²) in [7, 11) is 4.53. The number of thioether (sulfide) groups is 1. The Morgan fingerprint density at radius 2 is 1.66 bits per heavy atom. The Balaban J connectivity index is 1.52. The average Bonchev–Trinajstić information content (AvgIpc) is 3.41. The van der Waals surface area contributed by atoms with Gasteiger partial charge in [-0.15, -0.1) is 10.2 Å². The van der Waals surface area contributed by atoms with Crippen molar-refractivity contribution in [1.82, 2.24) is 10.2 Å². The Kier molecular flexibility index (Phi) is 8.49. The largest absolute Gasteiger partial charge is 0.497 e. The molecule has 0 aliphatic rings. The van der Waals surface area contributed by atoms with Gasteiger partial charge < -0.3 is 28.5 Å². The Labute approximate surface area is 221 Å². The Morgan fingerprint density at radius 1 is 0.947 bits per heavy atom. The first-order chi connectivity index (χ1) is 18.4. The van der Waals surface area contributed by atoms with Crippen molar-refractivity contribution in [1.29, 1.82) is 0 Å². The lowest BCUT2D eigenvalue weighted by molar-refractivity contribution is -0.131. The molecule has 0 amide bonds. The summed E-state index contributed by atoms with van der Waals surface area (Å²) < 4.78 is 40.5. The van der Waals surface area contributed by atoms with Crippen molar-refractivity contribution in [2.75, 3.05) is 21.3 Å². The van der Waals surface area contributed by atoms with Crippen molar-refractivity contribution in [3.8, 4) is 34.5 Å². The zero-order chi connectivity index (χ0) is 27.1. The molecule has 1 aromatic heterocycles. The molecule has 0 atom stereocenters. The maximum Gasteiger partial charge on any atom is 0.342 e. The summed E-state index contributed by atoms with van der Waals surface area (Å²) in [4.78, 5) is 11.9. The van der Waals surface area contributed by atoms with Crippen molar-refractivity contribution < 1.29 is 37.7 Å². The maximum absolute atomic E-state index is 13.1. The normalized spacial score (nSPS) is 11.2. The third-order valence-corrected chi connectivity index (χ3v) is 6.06. The van der Waals surface area contributed by atoms with Crippen LogP contribution in [0.15, 0.2) is 75.2 Å². The van der Waals surface area contributed by atoms with Gasteiger partial charge in [-0.2, -0.15) is 0 Å². The van der Waals surface area contributed by atoms with Crippen LogP contribution in [0.1, 0.15) is 11.1 Å². The first-order valence-electron chi connectivity index (χ1n) is 11.1. The van der Waals surface area contributed by atoms with Gasteiger partial charge in [0, 0.05) is 11.6 Å². The number of methoxy groups -OCH3 is 3. The molecule has 9 nitrogen and oxygen atoms in total. The summed E-state index contributed by atoms with van der Waals surface area (Å²) in [6.07, 6.45) is 1.46. The highest BCUT2D eigenvalue weighted by atomic mass is 32.2. The van der Waals surface area contributed by atoms with E-state index in [9.17, 15) is 14.3 Å². The summed E-state index contributed by atoms with van der Waals surface area (Å²) in [6, 6.07) is 16.1. The first kappa shape index (κ1) is 26.6. The van der Waals surface area contributed by atoms with E-state index in [1.165, 1.54) is 39.5 Å².